The average Bonchev–Trinajstić information content (AvgIpc) is 3.12. The average molecular weight is 233 g/mol. The minimum Gasteiger partial charge on any atom is -0.379 e. The number of aryl methyl sites for hydroxylation is 1. The molecule has 0 radical (unpaired) electrons. The van der Waals surface area contributed by atoms with Crippen LogP contribution in [0.25, 0.3) is 0 Å². The Kier molecular flexibility index (Phi) is 4.57. The van der Waals surface area contributed by atoms with E-state index in [1.165, 1.54) is 24.0 Å². The van der Waals surface area contributed by atoms with Gasteiger partial charge in [-0.2, -0.15) is 0 Å². The first-order valence-corrected chi connectivity index (χ1v) is 6.67. The van der Waals surface area contributed by atoms with Crippen molar-refractivity contribution in [1.82, 2.24) is 5.32 Å². The van der Waals surface area contributed by atoms with E-state index in [1.807, 2.05) is 0 Å². The molecule has 1 aromatic carbocycles. The summed E-state index contributed by atoms with van der Waals surface area (Å²) in [6.45, 7) is 6.98. The Labute approximate surface area is 104 Å². The zero-order valence-electron chi connectivity index (χ0n) is 10.9. The summed E-state index contributed by atoms with van der Waals surface area (Å²) in [5.74, 6) is 0.842. The summed E-state index contributed by atoms with van der Waals surface area (Å²) >= 11 is 0. The van der Waals surface area contributed by atoms with Gasteiger partial charge in [0, 0.05) is 6.61 Å². The fourth-order valence-electron chi connectivity index (χ4n) is 2.04. The summed E-state index contributed by atoms with van der Waals surface area (Å²) in [6.07, 6.45) is 2.71. The van der Waals surface area contributed by atoms with Gasteiger partial charge >= 0.3 is 0 Å². The van der Waals surface area contributed by atoms with Crippen LogP contribution < -0.4 is 5.32 Å². The molecule has 0 spiro atoms. The second-order valence-corrected chi connectivity index (χ2v) is 5.01. The predicted molar refractivity (Wildman–Crippen MR) is 71.1 cm³/mol. The lowest BCUT2D eigenvalue weighted by Crippen LogP contribution is -2.25. The van der Waals surface area contributed by atoms with Crippen LogP contribution in [0.5, 0.6) is 0 Å². The maximum atomic E-state index is 5.80. The van der Waals surface area contributed by atoms with Crippen LogP contribution in [0.2, 0.25) is 0 Å². The van der Waals surface area contributed by atoms with Crippen LogP contribution in [0.3, 0.4) is 0 Å². The molecule has 0 saturated heterocycles. The molecule has 0 amide bonds. The lowest BCUT2D eigenvalue weighted by Gasteiger charge is -2.19. The molecule has 1 fully saturated rings. The van der Waals surface area contributed by atoms with Crippen molar-refractivity contribution < 1.29 is 4.74 Å². The van der Waals surface area contributed by atoms with Crippen molar-refractivity contribution in [2.24, 2.45) is 5.92 Å². The van der Waals surface area contributed by atoms with E-state index >= 15 is 0 Å². The van der Waals surface area contributed by atoms with E-state index in [9.17, 15) is 0 Å². The first-order chi connectivity index (χ1) is 8.29. The summed E-state index contributed by atoms with van der Waals surface area (Å²) in [5.41, 5.74) is 2.65. The standard InChI is InChI=1S/C15H23NO/c1-3-16-15(11-17-10-13-7-8-13)14-6-4-5-12(2)9-14/h4-6,9,13,15-16H,3,7-8,10-11H2,1-2H3. The molecule has 1 aliphatic rings. The molecule has 17 heavy (non-hydrogen) atoms. The van der Waals surface area contributed by atoms with E-state index < -0.39 is 0 Å². The van der Waals surface area contributed by atoms with Crippen LogP contribution in [-0.2, 0) is 4.74 Å². The van der Waals surface area contributed by atoms with E-state index in [0.717, 1.165) is 25.7 Å². The molecule has 2 nitrogen and oxygen atoms in total. The van der Waals surface area contributed by atoms with E-state index in [4.69, 9.17) is 4.74 Å². The van der Waals surface area contributed by atoms with E-state index in [-0.39, 0.29) is 0 Å². The van der Waals surface area contributed by atoms with Gasteiger partial charge in [-0.25, -0.2) is 0 Å². The highest BCUT2D eigenvalue weighted by atomic mass is 16.5. The third kappa shape index (κ3) is 4.14. The number of benzene rings is 1. The van der Waals surface area contributed by atoms with Gasteiger partial charge in [-0.15, -0.1) is 0 Å². The van der Waals surface area contributed by atoms with E-state index in [1.54, 1.807) is 0 Å². The van der Waals surface area contributed by atoms with Gasteiger partial charge in [0.25, 0.3) is 0 Å². The van der Waals surface area contributed by atoms with Crippen LogP contribution in [0.1, 0.15) is 36.9 Å². The van der Waals surface area contributed by atoms with Crippen molar-refractivity contribution in [3.8, 4) is 0 Å². The van der Waals surface area contributed by atoms with Crippen molar-refractivity contribution in [2.45, 2.75) is 32.7 Å². The quantitative estimate of drug-likeness (QED) is 0.781. The molecule has 0 aromatic heterocycles. The highest BCUT2D eigenvalue weighted by Crippen LogP contribution is 2.29. The van der Waals surface area contributed by atoms with Gasteiger partial charge in [-0.3, -0.25) is 0 Å². The number of nitrogens with one attached hydrogen (secondary N) is 1. The van der Waals surface area contributed by atoms with E-state index in [0.29, 0.717) is 6.04 Å². The molecule has 1 N–H and O–H groups in total. The maximum Gasteiger partial charge on any atom is 0.0661 e. The zero-order valence-corrected chi connectivity index (χ0v) is 10.9. The molecule has 1 aromatic rings. The van der Waals surface area contributed by atoms with E-state index in [2.05, 4.69) is 43.4 Å². The van der Waals surface area contributed by atoms with Crippen molar-refractivity contribution in [2.75, 3.05) is 19.8 Å². The Bertz CT molecular complexity index is 347. The van der Waals surface area contributed by atoms with Crippen molar-refractivity contribution in [1.29, 1.82) is 0 Å². The van der Waals surface area contributed by atoms with Crippen LogP contribution in [0.15, 0.2) is 24.3 Å². The van der Waals surface area contributed by atoms with Gasteiger partial charge in [0.15, 0.2) is 0 Å². The molecule has 1 unspecified atom stereocenters. The minimum absolute atomic E-state index is 0.332. The molecule has 2 rings (SSSR count). The second kappa shape index (κ2) is 6.18. The Balaban J connectivity index is 1.89. The van der Waals surface area contributed by atoms with Crippen LogP contribution in [0.4, 0.5) is 0 Å². The van der Waals surface area contributed by atoms with Gasteiger partial charge in [-0.05, 0) is 37.8 Å². The Morgan fingerprint density at radius 3 is 2.88 bits per heavy atom. The monoisotopic (exact) mass is 233 g/mol. The van der Waals surface area contributed by atoms with Gasteiger partial charge in [0.05, 0.1) is 12.6 Å². The Morgan fingerprint density at radius 1 is 1.41 bits per heavy atom. The SMILES string of the molecule is CCNC(COCC1CC1)c1cccc(C)c1. The van der Waals surface area contributed by atoms with Crippen LogP contribution in [-0.4, -0.2) is 19.8 Å². The Hall–Kier alpha value is -0.860. The molecule has 1 atom stereocenters. The van der Waals surface area contributed by atoms with Gasteiger partial charge in [-0.1, -0.05) is 36.8 Å². The largest absolute Gasteiger partial charge is 0.379 e. The molecular weight excluding hydrogens is 210 g/mol. The van der Waals surface area contributed by atoms with Gasteiger partial charge in [0.1, 0.15) is 0 Å². The molecule has 1 saturated carbocycles. The molecule has 94 valence electrons. The highest BCUT2D eigenvalue weighted by Gasteiger charge is 2.22. The number of ether oxygens (including phenoxy) is 1. The first kappa shape index (κ1) is 12.6. The maximum absolute atomic E-state index is 5.80. The minimum atomic E-state index is 0.332. The zero-order chi connectivity index (χ0) is 12.1. The van der Waals surface area contributed by atoms with Gasteiger partial charge < -0.3 is 10.1 Å². The summed E-state index contributed by atoms with van der Waals surface area (Å²) in [7, 11) is 0. The normalized spacial score (nSPS) is 17.1. The van der Waals surface area contributed by atoms with Crippen LogP contribution in [0, 0.1) is 12.8 Å². The first-order valence-electron chi connectivity index (χ1n) is 6.67. The summed E-state index contributed by atoms with van der Waals surface area (Å²) in [5, 5.41) is 3.50. The second-order valence-electron chi connectivity index (χ2n) is 5.01. The third-order valence-electron chi connectivity index (χ3n) is 3.23. The molecule has 1 aliphatic carbocycles. The smallest absolute Gasteiger partial charge is 0.0661 e. The van der Waals surface area contributed by atoms with Gasteiger partial charge in [0.2, 0.25) is 0 Å². The third-order valence-corrected chi connectivity index (χ3v) is 3.23. The van der Waals surface area contributed by atoms with Crippen molar-refractivity contribution in [3.05, 3.63) is 35.4 Å². The number of rotatable bonds is 7. The summed E-state index contributed by atoms with van der Waals surface area (Å²) < 4.78 is 5.80. The molecule has 0 heterocycles. The fraction of sp³-hybridized carbons (Fsp3) is 0.600. The van der Waals surface area contributed by atoms with Crippen LogP contribution >= 0.6 is 0 Å². The summed E-state index contributed by atoms with van der Waals surface area (Å²) in [4.78, 5) is 0. The highest BCUT2D eigenvalue weighted by molar-refractivity contribution is 5.25. The molecule has 0 aliphatic heterocycles. The summed E-state index contributed by atoms with van der Waals surface area (Å²) in [6, 6.07) is 9.01. The Morgan fingerprint density at radius 2 is 2.24 bits per heavy atom. The molecular formula is C15H23NO. The van der Waals surface area contributed by atoms with Crippen molar-refractivity contribution >= 4 is 0 Å². The lowest BCUT2D eigenvalue weighted by molar-refractivity contribution is 0.103. The molecule has 2 heteroatoms. The fourth-order valence-corrected chi connectivity index (χ4v) is 2.04. The predicted octanol–water partition coefficient (Wildman–Crippen LogP) is 3.07. The lowest BCUT2D eigenvalue weighted by atomic mass is 10.1. The number of hydrogen-bond acceptors (Lipinski definition) is 2. The number of hydrogen-bond donors (Lipinski definition) is 1. The number of likely N-dealkylation sites (N-methyl/N-ethyl adjacent to an activating group) is 1. The topological polar surface area (TPSA) is 21.3 Å². The van der Waals surface area contributed by atoms with Crippen molar-refractivity contribution in [3.63, 3.8) is 0 Å². The molecule has 0 bridgehead atoms.